The van der Waals surface area contributed by atoms with Gasteiger partial charge in [0.1, 0.15) is 6.33 Å². The van der Waals surface area contributed by atoms with Gasteiger partial charge in [-0.25, -0.2) is 15.0 Å². The van der Waals surface area contributed by atoms with Gasteiger partial charge >= 0.3 is 0 Å². The SMILES string of the molecule is CC(C)N(CCNc1ncnc2c1nc(N1CCN(Cc3ccc4c(c3)OCO4)CC1)n2C(C)C)C(C)C. The van der Waals surface area contributed by atoms with Gasteiger partial charge in [-0.2, -0.15) is 0 Å². The largest absolute Gasteiger partial charge is 0.454 e. The fourth-order valence-electron chi connectivity index (χ4n) is 5.54. The van der Waals surface area contributed by atoms with Crippen LogP contribution in [0.25, 0.3) is 11.2 Å². The maximum absolute atomic E-state index is 5.56. The number of hydrogen-bond donors (Lipinski definition) is 1. The lowest BCUT2D eigenvalue weighted by Gasteiger charge is -2.35. The zero-order valence-electron chi connectivity index (χ0n) is 23.6. The molecular weight excluding hydrogens is 480 g/mol. The molecule has 0 saturated carbocycles. The third kappa shape index (κ3) is 5.51. The van der Waals surface area contributed by atoms with E-state index in [1.165, 1.54) is 5.56 Å². The fourth-order valence-corrected chi connectivity index (χ4v) is 5.54. The van der Waals surface area contributed by atoms with Gasteiger partial charge in [-0.3, -0.25) is 14.4 Å². The molecule has 2 aliphatic heterocycles. The maximum Gasteiger partial charge on any atom is 0.231 e. The van der Waals surface area contributed by atoms with Crippen molar-refractivity contribution in [1.29, 1.82) is 0 Å². The zero-order valence-corrected chi connectivity index (χ0v) is 23.6. The van der Waals surface area contributed by atoms with Crippen LogP contribution in [0.1, 0.15) is 53.1 Å². The van der Waals surface area contributed by atoms with Crippen molar-refractivity contribution >= 4 is 22.9 Å². The lowest BCUT2D eigenvalue weighted by molar-refractivity contribution is 0.174. The van der Waals surface area contributed by atoms with E-state index in [2.05, 4.69) is 88.2 Å². The summed E-state index contributed by atoms with van der Waals surface area (Å²) in [7, 11) is 0. The standard InChI is InChI=1S/C28H42N8O2/c1-19(2)35(20(3)4)10-9-29-26-25-27(31-17-30-26)36(21(5)6)28(32-25)34-13-11-33(12-14-34)16-22-7-8-23-24(15-22)38-18-37-23/h7-8,15,17,19-21H,9-14,16,18H2,1-6H3,(H,29,30,31). The van der Waals surface area contributed by atoms with Crippen LogP contribution in [0.15, 0.2) is 24.5 Å². The van der Waals surface area contributed by atoms with E-state index in [9.17, 15) is 0 Å². The van der Waals surface area contributed by atoms with Gasteiger partial charge in [-0.1, -0.05) is 6.07 Å². The van der Waals surface area contributed by atoms with Crippen LogP contribution < -0.4 is 19.7 Å². The number of aromatic nitrogens is 4. The first kappa shape index (κ1) is 26.5. The summed E-state index contributed by atoms with van der Waals surface area (Å²) in [5, 5.41) is 3.55. The molecule has 0 radical (unpaired) electrons. The van der Waals surface area contributed by atoms with E-state index in [0.717, 1.165) is 80.2 Å². The Morgan fingerprint density at radius 3 is 2.39 bits per heavy atom. The summed E-state index contributed by atoms with van der Waals surface area (Å²) in [5.41, 5.74) is 2.98. The van der Waals surface area contributed by atoms with Crippen molar-refractivity contribution in [1.82, 2.24) is 29.3 Å². The van der Waals surface area contributed by atoms with Crippen LogP contribution in [0.4, 0.5) is 11.8 Å². The van der Waals surface area contributed by atoms with Crippen LogP contribution in [0.3, 0.4) is 0 Å². The van der Waals surface area contributed by atoms with Crippen LogP contribution >= 0.6 is 0 Å². The Labute approximate surface area is 225 Å². The summed E-state index contributed by atoms with van der Waals surface area (Å²) in [6, 6.07) is 7.47. The normalized spacial score (nSPS) is 16.1. The highest BCUT2D eigenvalue weighted by Crippen LogP contribution is 2.33. The van der Waals surface area contributed by atoms with Crippen LogP contribution in [-0.2, 0) is 6.54 Å². The average Bonchev–Trinajstić information content (AvgIpc) is 3.51. The molecule has 1 N–H and O–H groups in total. The van der Waals surface area contributed by atoms with Crippen molar-refractivity contribution in [3.05, 3.63) is 30.1 Å². The van der Waals surface area contributed by atoms with Crippen molar-refractivity contribution in [2.24, 2.45) is 0 Å². The Hall–Kier alpha value is -3.11. The van der Waals surface area contributed by atoms with E-state index < -0.39 is 0 Å². The number of anilines is 2. The summed E-state index contributed by atoms with van der Waals surface area (Å²) in [6.07, 6.45) is 1.65. The summed E-state index contributed by atoms with van der Waals surface area (Å²) >= 11 is 0. The van der Waals surface area contributed by atoms with E-state index in [-0.39, 0.29) is 6.04 Å². The maximum atomic E-state index is 5.56. The average molecular weight is 523 g/mol. The second kappa shape index (κ2) is 11.3. The smallest absolute Gasteiger partial charge is 0.231 e. The Morgan fingerprint density at radius 2 is 1.68 bits per heavy atom. The van der Waals surface area contributed by atoms with Crippen molar-refractivity contribution in [2.75, 3.05) is 56.3 Å². The fraction of sp³-hybridized carbons (Fsp3) is 0.607. The van der Waals surface area contributed by atoms with Gasteiger partial charge in [-0.05, 0) is 59.2 Å². The number of ether oxygens (including phenoxy) is 2. The summed E-state index contributed by atoms with van der Waals surface area (Å²) in [5.74, 6) is 3.47. The minimum absolute atomic E-state index is 0.238. The minimum Gasteiger partial charge on any atom is -0.454 e. The predicted octanol–water partition coefficient (Wildman–Crippen LogP) is 3.99. The quantitative estimate of drug-likeness (QED) is 0.425. The lowest BCUT2D eigenvalue weighted by Crippen LogP contribution is -2.47. The van der Waals surface area contributed by atoms with E-state index in [1.54, 1.807) is 6.33 Å². The number of benzene rings is 1. The van der Waals surface area contributed by atoms with Crippen LogP contribution in [-0.4, -0.2) is 87.5 Å². The molecule has 10 heteroatoms. The molecule has 2 aromatic heterocycles. The Bertz CT molecular complexity index is 1230. The Balaban J connectivity index is 1.28. The molecule has 2 aliphatic rings. The molecule has 5 rings (SSSR count). The molecule has 0 spiro atoms. The lowest BCUT2D eigenvalue weighted by atomic mass is 10.1. The molecule has 38 heavy (non-hydrogen) atoms. The highest BCUT2D eigenvalue weighted by atomic mass is 16.7. The molecular formula is C28H42N8O2. The number of imidazole rings is 1. The van der Waals surface area contributed by atoms with Crippen molar-refractivity contribution in [2.45, 2.75) is 66.2 Å². The molecule has 0 aliphatic carbocycles. The van der Waals surface area contributed by atoms with E-state index in [0.29, 0.717) is 18.9 Å². The molecule has 1 fully saturated rings. The van der Waals surface area contributed by atoms with Gasteiger partial charge in [0, 0.05) is 63.9 Å². The van der Waals surface area contributed by atoms with E-state index >= 15 is 0 Å². The van der Waals surface area contributed by atoms with E-state index in [4.69, 9.17) is 14.5 Å². The highest BCUT2D eigenvalue weighted by molar-refractivity contribution is 5.85. The van der Waals surface area contributed by atoms with Gasteiger partial charge in [0.05, 0.1) is 0 Å². The van der Waals surface area contributed by atoms with Crippen molar-refractivity contribution in [3.63, 3.8) is 0 Å². The highest BCUT2D eigenvalue weighted by Gasteiger charge is 2.26. The first-order chi connectivity index (χ1) is 18.3. The Kier molecular flexibility index (Phi) is 7.90. The number of fused-ring (bicyclic) bond motifs is 2. The van der Waals surface area contributed by atoms with Crippen molar-refractivity contribution < 1.29 is 9.47 Å². The number of nitrogens with zero attached hydrogens (tertiary/aromatic N) is 7. The van der Waals surface area contributed by atoms with E-state index in [1.807, 2.05) is 6.07 Å². The van der Waals surface area contributed by atoms with Crippen LogP contribution in [0.2, 0.25) is 0 Å². The number of nitrogens with one attached hydrogen (secondary N) is 1. The summed E-state index contributed by atoms with van der Waals surface area (Å²) in [6.45, 7) is 20.1. The van der Waals surface area contributed by atoms with Gasteiger partial charge in [-0.15, -0.1) is 0 Å². The Morgan fingerprint density at radius 1 is 0.947 bits per heavy atom. The molecule has 10 nitrogen and oxygen atoms in total. The van der Waals surface area contributed by atoms with Gasteiger partial charge < -0.3 is 19.7 Å². The van der Waals surface area contributed by atoms with Gasteiger partial charge in [0.2, 0.25) is 12.7 Å². The summed E-state index contributed by atoms with van der Waals surface area (Å²) < 4.78 is 13.3. The van der Waals surface area contributed by atoms with Gasteiger partial charge in [0.25, 0.3) is 0 Å². The number of hydrogen-bond acceptors (Lipinski definition) is 9. The first-order valence-electron chi connectivity index (χ1n) is 13.9. The first-order valence-corrected chi connectivity index (χ1v) is 13.9. The zero-order chi connectivity index (χ0) is 26.8. The third-order valence-electron chi connectivity index (χ3n) is 7.46. The predicted molar refractivity (Wildman–Crippen MR) is 151 cm³/mol. The number of rotatable bonds is 10. The second-order valence-corrected chi connectivity index (χ2v) is 11.1. The molecule has 0 amide bonds. The summed E-state index contributed by atoms with van der Waals surface area (Å²) in [4.78, 5) is 21.7. The minimum atomic E-state index is 0.238. The monoisotopic (exact) mass is 522 g/mol. The van der Waals surface area contributed by atoms with Crippen molar-refractivity contribution in [3.8, 4) is 11.5 Å². The molecule has 1 aromatic carbocycles. The van der Waals surface area contributed by atoms with Gasteiger partial charge in [0.15, 0.2) is 28.5 Å². The third-order valence-corrected chi connectivity index (χ3v) is 7.46. The molecule has 206 valence electrons. The molecule has 3 aromatic rings. The molecule has 1 saturated heterocycles. The molecule has 0 atom stereocenters. The second-order valence-electron chi connectivity index (χ2n) is 11.1. The number of piperazine rings is 1. The topological polar surface area (TPSA) is 83.8 Å². The van der Waals surface area contributed by atoms with Crippen LogP contribution in [0.5, 0.6) is 11.5 Å². The molecule has 4 heterocycles. The molecule has 0 unspecified atom stereocenters. The van der Waals surface area contributed by atoms with Crippen LogP contribution in [0, 0.1) is 0 Å². The molecule has 0 bridgehead atoms.